The minimum atomic E-state index is -0.391. The lowest BCUT2D eigenvalue weighted by atomic mass is 10.1. The third-order valence-electron chi connectivity index (χ3n) is 3.37. The molecule has 0 aliphatic carbocycles. The second-order valence-corrected chi connectivity index (χ2v) is 6.20. The fourth-order valence-electron chi connectivity index (χ4n) is 2.10. The third kappa shape index (κ3) is 4.53. The summed E-state index contributed by atoms with van der Waals surface area (Å²) >= 11 is 11.8. The Kier molecular flexibility index (Phi) is 5.26. The summed E-state index contributed by atoms with van der Waals surface area (Å²) in [7, 11) is 0. The molecule has 1 amide bonds. The van der Waals surface area contributed by atoms with Crippen molar-refractivity contribution in [3.63, 3.8) is 0 Å². The maximum atomic E-state index is 12.0. The SMILES string of the molecule is Cc1ccc(-c2cc(NC(=O)COc3ccc(Cl)cc3Cl)on2)cc1. The molecule has 25 heavy (non-hydrogen) atoms. The summed E-state index contributed by atoms with van der Waals surface area (Å²) in [4.78, 5) is 12.0. The molecule has 0 unspecified atom stereocenters. The van der Waals surface area contributed by atoms with Gasteiger partial charge in [-0.15, -0.1) is 0 Å². The highest BCUT2D eigenvalue weighted by Crippen LogP contribution is 2.27. The highest BCUT2D eigenvalue weighted by Gasteiger charge is 2.11. The number of hydrogen-bond acceptors (Lipinski definition) is 4. The topological polar surface area (TPSA) is 64.4 Å². The highest BCUT2D eigenvalue weighted by molar-refractivity contribution is 6.35. The normalized spacial score (nSPS) is 10.5. The maximum absolute atomic E-state index is 12.0. The first-order valence-electron chi connectivity index (χ1n) is 7.43. The molecule has 0 atom stereocenters. The van der Waals surface area contributed by atoms with E-state index in [4.69, 9.17) is 32.5 Å². The first-order chi connectivity index (χ1) is 12.0. The van der Waals surface area contributed by atoms with E-state index in [1.807, 2.05) is 31.2 Å². The maximum Gasteiger partial charge on any atom is 0.264 e. The number of ether oxygens (including phenoxy) is 1. The lowest BCUT2D eigenvalue weighted by Crippen LogP contribution is -2.19. The van der Waals surface area contributed by atoms with Crippen LogP contribution in [0.5, 0.6) is 5.75 Å². The van der Waals surface area contributed by atoms with E-state index in [-0.39, 0.29) is 12.5 Å². The third-order valence-corrected chi connectivity index (χ3v) is 3.90. The van der Waals surface area contributed by atoms with Gasteiger partial charge in [-0.3, -0.25) is 10.1 Å². The molecule has 3 rings (SSSR count). The summed E-state index contributed by atoms with van der Waals surface area (Å²) in [5.74, 6) is 0.225. The summed E-state index contributed by atoms with van der Waals surface area (Å²) < 4.78 is 10.5. The van der Waals surface area contributed by atoms with Crippen molar-refractivity contribution in [1.29, 1.82) is 0 Å². The first kappa shape index (κ1) is 17.3. The molecule has 1 aromatic heterocycles. The molecule has 5 nitrogen and oxygen atoms in total. The van der Waals surface area contributed by atoms with E-state index in [1.165, 1.54) is 0 Å². The number of nitrogens with zero attached hydrogens (tertiary/aromatic N) is 1. The molecule has 1 N–H and O–H groups in total. The number of benzene rings is 2. The number of halogens is 2. The molecule has 1 heterocycles. The van der Waals surface area contributed by atoms with Crippen LogP contribution in [-0.4, -0.2) is 17.7 Å². The van der Waals surface area contributed by atoms with Gasteiger partial charge in [0.2, 0.25) is 5.88 Å². The van der Waals surface area contributed by atoms with E-state index >= 15 is 0 Å². The number of amides is 1. The second-order valence-electron chi connectivity index (χ2n) is 5.35. The van der Waals surface area contributed by atoms with Gasteiger partial charge in [-0.1, -0.05) is 58.2 Å². The van der Waals surface area contributed by atoms with Crippen LogP contribution >= 0.6 is 23.2 Å². The van der Waals surface area contributed by atoms with Gasteiger partial charge in [0.05, 0.1) is 5.02 Å². The van der Waals surface area contributed by atoms with Gasteiger partial charge in [0.1, 0.15) is 11.4 Å². The summed E-state index contributed by atoms with van der Waals surface area (Å²) in [6.45, 7) is 1.78. The minimum Gasteiger partial charge on any atom is -0.482 e. The van der Waals surface area contributed by atoms with E-state index < -0.39 is 5.91 Å². The van der Waals surface area contributed by atoms with Crippen LogP contribution in [0.25, 0.3) is 11.3 Å². The van der Waals surface area contributed by atoms with Crippen molar-refractivity contribution in [2.45, 2.75) is 6.92 Å². The number of aryl methyl sites for hydroxylation is 1. The van der Waals surface area contributed by atoms with Gasteiger partial charge in [-0.05, 0) is 25.1 Å². The van der Waals surface area contributed by atoms with E-state index in [9.17, 15) is 4.79 Å². The molecule has 0 saturated heterocycles. The number of rotatable bonds is 5. The molecule has 0 bridgehead atoms. The zero-order chi connectivity index (χ0) is 17.8. The number of carbonyl (C=O) groups is 1. The van der Waals surface area contributed by atoms with Crippen molar-refractivity contribution in [1.82, 2.24) is 5.16 Å². The van der Waals surface area contributed by atoms with Crippen molar-refractivity contribution in [2.75, 3.05) is 11.9 Å². The number of anilines is 1. The van der Waals surface area contributed by atoms with Crippen LogP contribution in [0.15, 0.2) is 53.1 Å². The van der Waals surface area contributed by atoms with Gasteiger partial charge >= 0.3 is 0 Å². The molecular formula is C18H14Cl2N2O3. The Hall–Kier alpha value is -2.50. The van der Waals surface area contributed by atoms with Crippen LogP contribution in [0.3, 0.4) is 0 Å². The van der Waals surface area contributed by atoms with Gasteiger partial charge < -0.3 is 9.26 Å². The summed E-state index contributed by atoms with van der Waals surface area (Å²) in [5.41, 5.74) is 2.69. The second kappa shape index (κ2) is 7.59. The Labute approximate surface area is 154 Å². The Morgan fingerprint density at radius 1 is 1.16 bits per heavy atom. The molecule has 0 fully saturated rings. The van der Waals surface area contributed by atoms with Crippen molar-refractivity contribution in [3.05, 3.63) is 64.1 Å². The fraction of sp³-hybridized carbons (Fsp3) is 0.111. The monoisotopic (exact) mass is 376 g/mol. The molecule has 2 aromatic carbocycles. The molecule has 7 heteroatoms. The predicted octanol–water partition coefficient (Wildman–Crippen LogP) is 4.97. The van der Waals surface area contributed by atoms with Crippen molar-refractivity contribution >= 4 is 35.0 Å². The Morgan fingerprint density at radius 3 is 2.64 bits per heavy atom. The lowest BCUT2D eigenvalue weighted by Gasteiger charge is -2.07. The van der Waals surface area contributed by atoms with E-state index in [1.54, 1.807) is 24.3 Å². The van der Waals surface area contributed by atoms with Crippen LogP contribution in [0.4, 0.5) is 5.88 Å². The van der Waals surface area contributed by atoms with Crippen LogP contribution in [0.2, 0.25) is 10.0 Å². The average molecular weight is 377 g/mol. The first-order valence-corrected chi connectivity index (χ1v) is 8.18. The number of nitrogens with one attached hydrogen (secondary N) is 1. The van der Waals surface area contributed by atoms with Crippen molar-refractivity contribution in [3.8, 4) is 17.0 Å². The van der Waals surface area contributed by atoms with Gasteiger partial charge in [0.15, 0.2) is 6.61 Å². The highest BCUT2D eigenvalue weighted by atomic mass is 35.5. The fourth-order valence-corrected chi connectivity index (χ4v) is 2.57. The lowest BCUT2D eigenvalue weighted by molar-refractivity contribution is -0.118. The van der Waals surface area contributed by atoms with Crippen LogP contribution in [0.1, 0.15) is 5.56 Å². The molecule has 3 aromatic rings. The van der Waals surface area contributed by atoms with Crippen LogP contribution in [0, 0.1) is 6.92 Å². The van der Waals surface area contributed by atoms with Crippen LogP contribution < -0.4 is 10.1 Å². The van der Waals surface area contributed by atoms with Gasteiger partial charge in [0, 0.05) is 16.7 Å². The molecule has 0 aliphatic heterocycles. The number of aromatic nitrogens is 1. The molecular weight excluding hydrogens is 363 g/mol. The Bertz CT molecular complexity index is 892. The molecule has 128 valence electrons. The van der Waals surface area contributed by atoms with E-state index in [2.05, 4.69) is 10.5 Å². The standard InChI is InChI=1S/C18H14Cl2N2O3/c1-11-2-4-12(5-3-11)15-9-18(25-22-15)21-17(23)10-24-16-7-6-13(19)8-14(16)20/h2-9H,10H2,1H3,(H,21,23). The molecule has 0 saturated carbocycles. The van der Waals surface area contributed by atoms with E-state index in [0.717, 1.165) is 11.1 Å². The van der Waals surface area contributed by atoms with Crippen LogP contribution in [-0.2, 0) is 4.79 Å². The minimum absolute atomic E-state index is 0.220. The zero-order valence-electron chi connectivity index (χ0n) is 13.3. The molecule has 0 aliphatic rings. The number of hydrogen-bond donors (Lipinski definition) is 1. The zero-order valence-corrected chi connectivity index (χ0v) is 14.8. The molecule has 0 spiro atoms. The molecule has 0 radical (unpaired) electrons. The van der Waals surface area contributed by atoms with Gasteiger partial charge in [0.25, 0.3) is 5.91 Å². The average Bonchev–Trinajstić information content (AvgIpc) is 3.03. The largest absolute Gasteiger partial charge is 0.482 e. The van der Waals surface area contributed by atoms with E-state index in [0.29, 0.717) is 21.5 Å². The Morgan fingerprint density at radius 2 is 1.92 bits per heavy atom. The summed E-state index contributed by atoms with van der Waals surface area (Å²) in [5, 5.41) is 7.35. The number of carbonyl (C=O) groups excluding carboxylic acids is 1. The summed E-state index contributed by atoms with van der Waals surface area (Å²) in [6.07, 6.45) is 0. The summed E-state index contributed by atoms with van der Waals surface area (Å²) in [6, 6.07) is 14.2. The van der Waals surface area contributed by atoms with Crippen molar-refractivity contribution < 1.29 is 14.1 Å². The Balaban J connectivity index is 1.59. The smallest absolute Gasteiger partial charge is 0.264 e. The van der Waals surface area contributed by atoms with Gasteiger partial charge in [-0.2, -0.15) is 0 Å². The van der Waals surface area contributed by atoms with Gasteiger partial charge in [-0.25, -0.2) is 0 Å². The predicted molar refractivity (Wildman–Crippen MR) is 97.3 cm³/mol. The van der Waals surface area contributed by atoms with Crippen molar-refractivity contribution in [2.24, 2.45) is 0 Å². The quantitative estimate of drug-likeness (QED) is 0.682.